The van der Waals surface area contributed by atoms with Gasteiger partial charge in [-0.25, -0.2) is 0 Å². The van der Waals surface area contributed by atoms with E-state index in [1.54, 1.807) is 0 Å². The maximum Gasteiger partial charge on any atom is 0.101 e. The third-order valence-corrected chi connectivity index (χ3v) is 4.77. The average molecular weight is 346 g/mol. The summed E-state index contributed by atoms with van der Waals surface area (Å²) in [5, 5.41) is 0. The van der Waals surface area contributed by atoms with Gasteiger partial charge in [0.2, 0.25) is 0 Å². The van der Waals surface area contributed by atoms with Gasteiger partial charge in [-0.05, 0) is 13.0 Å². The molecule has 0 heterocycles. The van der Waals surface area contributed by atoms with Crippen LogP contribution in [-0.2, 0) is 0 Å². The maximum absolute atomic E-state index is 4.20. The normalized spacial score (nSPS) is 11.3. The second-order valence-electron chi connectivity index (χ2n) is 7.92. The Morgan fingerprint density at radius 3 is 1.22 bits per heavy atom. The fourth-order valence-electron chi connectivity index (χ4n) is 2.86. The predicted octanol–water partition coefficient (Wildman–Crippen LogP) is 4.08. The summed E-state index contributed by atoms with van der Waals surface area (Å²) in [5.74, 6) is 0. The first kappa shape index (κ1) is 25.2. The van der Waals surface area contributed by atoms with Crippen LogP contribution in [0.25, 0.3) is 0 Å². The topological polar surface area (TPSA) is 0 Å². The van der Waals surface area contributed by atoms with Crippen molar-refractivity contribution in [2.75, 3.05) is 21.1 Å². The van der Waals surface area contributed by atoms with Gasteiger partial charge in [0.15, 0.2) is 0 Å². The van der Waals surface area contributed by atoms with Gasteiger partial charge in [-0.1, -0.05) is 90.4 Å². The molecule has 0 unspecified atom stereocenters. The zero-order valence-electron chi connectivity index (χ0n) is 16.6. The van der Waals surface area contributed by atoms with Crippen molar-refractivity contribution in [3.05, 3.63) is 12.3 Å². The van der Waals surface area contributed by atoms with Crippen molar-refractivity contribution in [2.24, 2.45) is 0 Å². The van der Waals surface area contributed by atoms with Crippen LogP contribution in [0.3, 0.4) is 0 Å². The van der Waals surface area contributed by atoms with Gasteiger partial charge in [-0.3, -0.25) is 0 Å². The molecule has 0 spiro atoms. The van der Waals surface area contributed by atoms with Crippen LogP contribution in [0.4, 0.5) is 0 Å². The molecule has 0 aromatic rings. The lowest BCUT2D eigenvalue weighted by Gasteiger charge is -2.25. The smallest absolute Gasteiger partial charge is 0.101 e. The minimum Gasteiger partial charge on any atom is -1.00 e. The summed E-state index contributed by atoms with van der Waals surface area (Å²) in [6, 6.07) is 0. The minimum absolute atomic E-state index is 0. The van der Waals surface area contributed by atoms with E-state index >= 15 is 0 Å². The van der Waals surface area contributed by atoms with Crippen LogP contribution in [0.1, 0.15) is 103 Å². The number of halogens is 1. The molecule has 0 aromatic heterocycles. The van der Waals surface area contributed by atoms with Crippen LogP contribution < -0.4 is 12.4 Å². The van der Waals surface area contributed by atoms with Crippen molar-refractivity contribution < 1.29 is 16.9 Å². The number of hydrogen-bond acceptors (Lipinski definition) is 0. The molecule has 0 aliphatic heterocycles. The van der Waals surface area contributed by atoms with Crippen molar-refractivity contribution in [3.8, 4) is 0 Å². The lowest BCUT2D eigenvalue weighted by atomic mass is 10.0. The zero-order valence-corrected chi connectivity index (χ0v) is 17.4. The van der Waals surface area contributed by atoms with Crippen LogP contribution in [-0.4, -0.2) is 25.6 Å². The van der Waals surface area contributed by atoms with Crippen LogP contribution in [0.5, 0.6) is 0 Å². The molecule has 0 atom stereocenters. The van der Waals surface area contributed by atoms with E-state index in [1.807, 2.05) is 0 Å². The van der Waals surface area contributed by atoms with E-state index in [0.717, 1.165) is 4.48 Å². The summed E-state index contributed by atoms with van der Waals surface area (Å²) >= 11 is 0. The van der Waals surface area contributed by atoms with E-state index in [2.05, 4.69) is 34.6 Å². The zero-order chi connectivity index (χ0) is 16.7. The molecule has 0 aromatic carbocycles. The van der Waals surface area contributed by atoms with Gasteiger partial charge in [-0.15, -0.1) is 0 Å². The summed E-state index contributed by atoms with van der Waals surface area (Å²) in [5.41, 5.74) is 1.36. The fraction of sp³-hybridized carbons (Fsp3) is 0.905. The Morgan fingerprint density at radius 2 is 0.913 bits per heavy atom. The second-order valence-corrected chi connectivity index (χ2v) is 7.92. The molecule has 0 aliphatic carbocycles. The Hall–Kier alpha value is -0.0100. The lowest BCUT2D eigenvalue weighted by Crippen LogP contribution is -3.00. The molecule has 0 amide bonds. The predicted molar refractivity (Wildman–Crippen MR) is 102 cm³/mol. The van der Waals surface area contributed by atoms with E-state index in [-0.39, 0.29) is 12.4 Å². The third-order valence-electron chi connectivity index (χ3n) is 4.77. The highest BCUT2D eigenvalue weighted by Crippen LogP contribution is 2.16. The largest absolute Gasteiger partial charge is 1.00 e. The Kier molecular flexibility index (Phi) is 18.5. The van der Waals surface area contributed by atoms with Gasteiger partial charge in [0.1, 0.15) is 5.70 Å². The van der Waals surface area contributed by atoms with Gasteiger partial charge in [0, 0.05) is 6.42 Å². The van der Waals surface area contributed by atoms with Gasteiger partial charge < -0.3 is 16.9 Å². The first-order chi connectivity index (χ1) is 10.5. The van der Waals surface area contributed by atoms with Crippen LogP contribution in [0.2, 0.25) is 0 Å². The number of quaternary nitrogens is 1. The molecular weight excluding hydrogens is 302 g/mol. The molecule has 140 valence electrons. The number of allylic oxidation sites excluding steroid dienone is 1. The van der Waals surface area contributed by atoms with Crippen molar-refractivity contribution >= 4 is 0 Å². The average Bonchev–Trinajstić information content (AvgIpc) is 2.46. The van der Waals surface area contributed by atoms with Crippen molar-refractivity contribution in [1.82, 2.24) is 0 Å². The highest BCUT2D eigenvalue weighted by molar-refractivity contribution is 4.81. The summed E-state index contributed by atoms with van der Waals surface area (Å²) in [6.45, 7) is 6.49. The van der Waals surface area contributed by atoms with Crippen molar-refractivity contribution in [2.45, 2.75) is 103 Å². The molecular formula is C21H44ClN. The molecule has 2 heteroatoms. The molecule has 0 aliphatic rings. The lowest BCUT2D eigenvalue weighted by molar-refractivity contribution is -0.832. The Bertz CT molecular complexity index is 255. The van der Waals surface area contributed by atoms with E-state index < -0.39 is 0 Å². The first-order valence-corrected chi connectivity index (χ1v) is 9.98. The van der Waals surface area contributed by atoms with Crippen molar-refractivity contribution in [1.29, 1.82) is 0 Å². The van der Waals surface area contributed by atoms with Crippen molar-refractivity contribution in [3.63, 3.8) is 0 Å². The summed E-state index contributed by atoms with van der Waals surface area (Å²) in [6.07, 6.45) is 21.3. The Labute approximate surface area is 153 Å². The maximum atomic E-state index is 4.20. The van der Waals surface area contributed by atoms with E-state index in [4.69, 9.17) is 0 Å². The monoisotopic (exact) mass is 345 g/mol. The first-order valence-electron chi connectivity index (χ1n) is 9.98. The molecule has 0 rings (SSSR count). The van der Waals surface area contributed by atoms with Crippen LogP contribution in [0.15, 0.2) is 12.3 Å². The highest BCUT2D eigenvalue weighted by atomic mass is 35.5. The minimum atomic E-state index is 0. The van der Waals surface area contributed by atoms with E-state index in [9.17, 15) is 0 Å². The number of unbranched alkanes of at least 4 members (excludes halogenated alkanes) is 13. The molecule has 0 saturated heterocycles. The number of hydrogen-bond donors (Lipinski definition) is 0. The van der Waals surface area contributed by atoms with E-state index in [0.29, 0.717) is 0 Å². The van der Waals surface area contributed by atoms with Gasteiger partial charge in [-0.2, -0.15) is 0 Å². The summed E-state index contributed by atoms with van der Waals surface area (Å²) < 4.78 is 0.915. The number of rotatable bonds is 16. The molecule has 1 nitrogen and oxygen atoms in total. The van der Waals surface area contributed by atoms with Gasteiger partial charge in [0.25, 0.3) is 0 Å². The quantitative estimate of drug-likeness (QED) is 0.292. The molecule has 0 radical (unpaired) electrons. The van der Waals surface area contributed by atoms with Gasteiger partial charge >= 0.3 is 0 Å². The second kappa shape index (κ2) is 16.8. The molecule has 0 N–H and O–H groups in total. The molecule has 0 bridgehead atoms. The van der Waals surface area contributed by atoms with E-state index in [1.165, 1.54) is 102 Å². The third kappa shape index (κ3) is 18.2. The molecule has 0 saturated carbocycles. The number of nitrogens with zero attached hydrogens (tertiary/aromatic N) is 1. The highest BCUT2D eigenvalue weighted by Gasteiger charge is 2.12. The fourth-order valence-corrected chi connectivity index (χ4v) is 2.86. The molecule has 0 fully saturated rings. The summed E-state index contributed by atoms with van der Waals surface area (Å²) in [4.78, 5) is 0. The molecule has 23 heavy (non-hydrogen) atoms. The summed E-state index contributed by atoms with van der Waals surface area (Å²) in [7, 11) is 6.64. The van der Waals surface area contributed by atoms with Crippen LogP contribution in [0, 0.1) is 0 Å². The van der Waals surface area contributed by atoms with Crippen LogP contribution >= 0.6 is 0 Å². The standard InChI is InChI=1S/C21H44N.ClH/c1-6-7-8-9-10-11-12-13-14-15-16-17-18-19-20-21(2)22(3,4)5;/h2,6-20H2,1,3-5H3;1H/q+1;/p-1. The Morgan fingerprint density at radius 1 is 0.609 bits per heavy atom. The Balaban J connectivity index is 0. The van der Waals surface area contributed by atoms with Gasteiger partial charge in [0.05, 0.1) is 21.1 Å². The SMILES string of the molecule is C=C(CCCCCCCCCCCCCCCC)[N+](C)(C)C.[Cl-].